The van der Waals surface area contributed by atoms with Crippen molar-refractivity contribution in [3.8, 4) is 0 Å². The number of hydrogen-bond donors (Lipinski definition) is 1. The van der Waals surface area contributed by atoms with Gasteiger partial charge in [-0.2, -0.15) is 0 Å². The lowest BCUT2D eigenvalue weighted by molar-refractivity contribution is 0.919. The normalized spacial score (nSPS) is 14.5. The predicted octanol–water partition coefficient (Wildman–Crippen LogP) is 4.48. The quantitative estimate of drug-likeness (QED) is 0.848. The van der Waals surface area contributed by atoms with Crippen molar-refractivity contribution in [1.82, 2.24) is 9.97 Å². The number of anilines is 2. The van der Waals surface area contributed by atoms with Gasteiger partial charge in [0.1, 0.15) is 16.2 Å². The Bertz CT molecular complexity index is 621. The van der Waals surface area contributed by atoms with Gasteiger partial charge >= 0.3 is 0 Å². The SMILES string of the molecule is Cc1ccc(Nc2cc(Br)nc(C3CC3)n2)cc1C. The summed E-state index contributed by atoms with van der Waals surface area (Å²) in [6.07, 6.45) is 2.42. The van der Waals surface area contributed by atoms with Crippen LogP contribution in [0.2, 0.25) is 0 Å². The molecular weight excluding hydrogens is 302 g/mol. The molecule has 1 aromatic heterocycles. The van der Waals surface area contributed by atoms with Crippen molar-refractivity contribution in [3.05, 3.63) is 45.8 Å². The summed E-state index contributed by atoms with van der Waals surface area (Å²) in [5, 5.41) is 3.35. The highest BCUT2D eigenvalue weighted by Crippen LogP contribution is 2.39. The molecule has 1 N–H and O–H groups in total. The highest BCUT2D eigenvalue weighted by atomic mass is 79.9. The predicted molar refractivity (Wildman–Crippen MR) is 80.9 cm³/mol. The van der Waals surface area contributed by atoms with E-state index < -0.39 is 0 Å². The summed E-state index contributed by atoms with van der Waals surface area (Å²) in [7, 11) is 0. The van der Waals surface area contributed by atoms with Crippen LogP contribution < -0.4 is 5.32 Å². The van der Waals surface area contributed by atoms with Gasteiger partial charge in [0, 0.05) is 17.7 Å². The summed E-state index contributed by atoms with van der Waals surface area (Å²) >= 11 is 3.46. The Labute approximate surface area is 121 Å². The molecule has 98 valence electrons. The van der Waals surface area contributed by atoms with E-state index >= 15 is 0 Å². The van der Waals surface area contributed by atoms with Gasteiger partial charge in [-0.3, -0.25) is 0 Å². The third-order valence-corrected chi connectivity index (χ3v) is 3.84. The molecule has 1 heterocycles. The number of rotatable bonds is 3. The Hall–Kier alpha value is -1.42. The monoisotopic (exact) mass is 317 g/mol. The van der Waals surface area contributed by atoms with Crippen LogP contribution in [0.1, 0.15) is 35.7 Å². The Kier molecular flexibility index (Phi) is 3.27. The van der Waals surface area contributed by atoms with Crippen molar-refractivity contribution >= 4 is 27.4 Å². The van der Waals surface area contributed by atoms with Crippen molar-refractivity contribution < 1.29 is 0 Å². The van der Waals surface area contributed by atoms with E-state index in [0.717, 1.165) is 21.9 Å². The summed E-state index contributed by atoms with van der Waals surface area (Å²) < 4.78 is 0.843. The minimum absolute atomic E-state index is 0.554. The van der Waals surface area contributed by atoms with Crippen molar-refractivity contribution in [2.75, 3.05) is 5.32 Å². The number of halogens is 1. The second-order valence-electron chi connectivity index (χ2n) is 5.13. The van der Waals surface area contributed by atoms with Gasteiger partial charge in [0.25, 0.3) is 0 Å². The van der Waals surface area contributed by atoms with Gasteiger partial charge in [-0.15, -0.1) is 0 Å². The minimum atomic E-state index is 0.554. The molecule has 1 fully saturated rings. The molecular formula is C15H16BrN3. The molecule has 3 rings (SSSR count). The average Bonchev–Trinajstić information content (AvgIpc) is 3.17. The zero-order valence-corrected chi connectivity index (χ0v) is 12.7. The van der Waals surface area contributed by atoms with Crippen LogP contribution >= 0.6 is 15.9 Å². The third kappa shape index (κ3) is 2.95. The van der Waals surface area contributed by atoms with Crippen molar-refractivity contribution in [3.63, 3.8) is 0 Å². The van der Waals surface area contributed by atoms with Crippen LogP contribution in [0, 0.1) is 13.8 Å². The zero-order valence-electron chi connectivity index (χ0n) is 11.1. The van der Waals surface area contributed by atoms with Crippen molar-refractivity contribution in [2.24, 2.45) is 0 Å². The van der Waals surface area contributed by atoms with E-state index in [-0.39, 0.29) is 0 Å². The number of hydrogen-bond acceptors (Lipinski definition) is 3. The second-order valence-corrected chi connectivity index (χ2v) is 5.94. The zero-order chi connectivity index (χ0) is 13.4. The Morgan fingerprint density at radius 2 is 1.89 bits per heavy atom. The summed E-state index contributed by atoms with van der Waals surface area (Å²) in [4.78, 5) is 9.03. The topological polar surface area (TPSA) is 37.8 Å². The van der Waals surface area contributed by atoms with Gasteiger partial charge in [-0.05, 0) is 65.9 Å². The van der Waals surface area contributed by atoms with Crippen LogP contribution in [0.3, 0.4) is 0 Å². The molecule has 1 aromatic carbocycles. The van der Waals surface area contributed by atoms with Crippen molar-refractivity contribution in [1.29, 1.82) is 0 Å². The largest absolute Gasteiger partial charge is 0.340 e. The number of nitrogens with zero attached hydrogens (tertiary/aromatic N) is 2. The maximum atomic E-state index is 4.59. The fourth-order valence-electron chi connectivity index (χ4n) is 1.99. The average molecular weight is 318 g/mol. The lowest BCUT2D eigenvalue weighted by atomic mass is 10.1. The summed E-state index contributed by atoms with van der Waals surface area (Å²) in [6, 6.07) is 8.26. The molecule has 0 atom stereocenters. The lowest BCUT2D eigenvalue weighted by Crippen LogP contribution is -2.00. The summed E-state index contributed by atoms with van der Waals surface area (Å²) in [6.45, 7) is 4.23. The molecule has 0 spiro atoms. The number of aryl methyl sites for hydroxylation is 2. The van der Waals surface area contributed by atoms with Crippen LogP contribution in [-0.2, 0) is 0 Å². The Morgan fingerprint density at radius 3 is 2.58 bits per heavy atom. The molecule has 0 unspecified atom stereocenters. The standard InChI is InChI=1S/C15H16BrN3/c1-9-3-6-12(7-10(9)2)17-14-8-13(16)18-15(19-14)11-4-5-11/h3,6-8,11H,4-5H2,1-2H3,(H,17,18,19). The van der Waals surface area contributed by atoms with Crippen LogP contribution in [0.4, 0.5) is 11.5 Å². The first-order chi connectivity index (χ1) is 9.11. The van der Waals surface area contributed by atoms with Gasteiger partial charge < -0.3 is 5.32 Å². The fraction of sp³-hybridized carbons (Fsp3) is 0.333. The highest BCUT2D eigenvalue weighted by molar-refractivity contribution is 9.10. The van der Waals surface area contributed by atoms with E-state index in [1.165, 1.54) is 24.0 Å². The van der Waals surface area contributed by atoms with E-state index in [0.29, 0.717) is 5.92 Å². The minimum Gasteiger partial charge on any atom is -0.340 e. The Morgan fingerprint density at radius 1 is 1.11 bits per heavy atom. The lowest BCUT2D eigenvalue weighted by Gasteiger charge is -2.09. The first-order valence-corrected chi connectivity index (χ1v) is 7.30. The summed E-state index contributed by atoms with van der Waals surface area (Å²) in [5.41, 5.74) is 3.64. The molecule has 0 radical (unpaired) electrons. The Balaban J connectivity index is 1.87. The van der Waals surface area contributed by atoms with E-state index in [1.54, 1.807) is 0 Å². The molecule has 0 amide bonds. The maximum absolute atomic E-state index is 4.59. The van der Waals surface area contributed by atoms with Gasteiger partial charge in [0.15, 0.2) is 0 Å². The van der Waals surface area contributed by atoms with Gasteiger partial charge in [-0.1, -0.05) is 6.07 Å². The third-order valence-electron chi connectivity index (χ3n) is 3.43. The first-order valence-electron chi connectivity index (χ1n) is 6.50. The van der Waals surface area contributed by atoms with Gasteiger partial charge in [0.05, 0.1) is 0 Å². The maximum Gasteiger partial charge on any atom is 0.135 e. The smallest absolute Gasteiger partial charge is 0.135 e. The van der Waals surface area contributed by atoms with Crippen LogP contribution in [0.15, 0.2) is 28.9 Å². The number of benzene rings is 1. The number of aromatic nitrogens is 2. The molecule has 0 saturated heterocycles. The first kappa shape index (κ1) is 12.6. The van der Waals surface area contributed by atoms with Gasteiger partial charge in [-0.25, -0.2) is 9.97 Å². The molecule has 0 aliphatic heterocycles. The van der Waals surface area contributed by atoms with Gasteiger partial charge in [0.2, 0.25) is 0 Å². The van der Waals surface area contributed by atoms with Crippen LogP contribution in [-0.4, -0.2) is 9.97 Å². The highest BCUT2D eigenvalue weighted by Gasteiger charge is 2.27. The van der Waals surface area contributed by atoms with Crippen LogP contribution in [0.5, 0.6) is 0 Å². The van der Waals surface area contributed by atoms with E-state index in [1.807, 2.05) is 6.07 Å². The molecule has 3 nitrogen and oxygen atoms in total. The van der Waals surface area contributed by atoms with E-state index in [4.69, 9.17) is 0 Å². The summed E-state index contributed by atoms with van der Waals surface area (Å²) in [5.74, 6) is 2.35. The van der Waals surface area contributed by atoms with Crippen LogP contribution in [0.25, 0.3) is 0 Å². The second kappa shape index (κ2) is 4.93. The molecule has 19 heavy (non-hydrogen) atoms. The van der Waals surface area contributed by atoms with E-state index in [9.17, 15) is 0 Å². The van der Waals surface area contributed by atoms with Crippen molar-refractivity contribution in [2.45, 2.75) is 32.6 Å². The molecule has 1 aliphatic rings. The van der Waals surface area contributed by atoms with E-state index in [2.05, 4.69) is 63.3 Å². The molecule has 0 bridgehead atoms. The molecule has 1 saturated carbocycles. The molecule has 2 aromatic rings. The molecule has 1 aliphatic carbocycles. The number of nitrogens with one attached hydrogen (secondary N) is 1. The fourth-order valence-corrected chi connectivity index (χ4v) is 2.39. The molecule has 4 heteroatoms.